The number of carbonyl (C=O) groups excluding carboxylic acids is 1. The van der Waals surface area contributed by atoms with Crippen LogP contribution in [0.15, 0.2) is 53.0 Å². The van der Waals surface area contributed by atoms with Gasteiger partial charge in [-0.1, -0.05) is 18.2 Å². The molecule has 0 saturated heterocycles. The van der Waals surface area contributed by atoms with Crippen LogP contribution in [0.4, 0.5) is 5.69 Å². The number of carbonyl (C=O) groups is 1. The molecule has 0 fully saturated rings. The Morgan fingerprint density at radius 3 is 2.88 bits per heavy atom. The standard InChI is InChI=1S/C18H12N4O2S/c23-17-12-7-10-3-1-2-4-15(10)24-16(12)19-9-22(17)11-5-6-13-14(8-11)21-18(25)20-13/h1-8H,9H2,(H2,20,21,25). The third-order valence-corrected chi connectivity index (χ3v) is 4.50. The fraction of sp³-hybridized carbons (Fsp3) is 0.0556. The fourth-order valence-corrected chi connectivity index (χ4v) is 3.29. The third kappa shape index (κ3) is 2.20. The Morgan fingerprint density at radius 2 is 1.96 bits per heavy atom. The van der Waals surface area contributed by atoms with E-state index in [0.717, 1.165) is 22.3 Å². The first kappa shape index (κ1) is 14.2. The number of aliphatic imine (C=N–C) groups is 1. The number of hydrogen-bond acceptors (Lipinski definition) is 4. The molecule has 0 atom stereocenters. The van der Waals surface area contributed by atoms with Crippen molar-refractivity contribution in [3.8, 4) is 5.75 Å². The Balaban J connectivity index is 1.58. The molecule has 0 unspecified atom stereocenters. The van der Waals surface area contributed by atoms with Gasteiger partial charge < -0.3 is 14.7 Å². The van der Waals surface area contributed by atoms with Gasteiger partial charge in [0.15, 0.2) is 4.77 Å². The maximum atomic E-state index is 13.0. The number of anilines is 1. The summed E-state index contributed by atoms with van der Waals surface area (Å²) in [7, 11) is 0. The smallest absolute Gasteiger partial charge is 0.265 e. The summed E-state index contributed by atoms with van der Waals surface area (Å²) in [6.07, 6.45) is 1.83. The second kappa shape index (κ2) is 5.15. The van der Waals surface area contributed by atoms with Crippen molar-refractivity contribution < 1.29 is 9.53 Å². The first-order valence-electron chi connectivity index (χ1n) is 7.76. The van der Waals surface area contributed by atoms with Gasteiger partial charge in [-0.25, -0.2) is 4.99 Å². The Hall–Kier alpha value is -3.19. The van der Waals surface area contributed by atoms with E-state index in [9.17, 15) is 4.79 Å². The van der Waals surface area contributed by atoms with Crippen molar-refractivity contribution in [2.45, 2.75) is 0 Å². The summed E-state index contributed by atoms with van der Waals surface area (Å²) in [5.41, 5.74) is 3.84. The number of hydrogen-bond donors (Lipinski definition) is 2. The Kier molecular flexibility index (Phi) is 2.92. The van der Waals surface area contributed by atoms with Crippen LogP contribution in [-0.2, 0) is 4.79 Å². The van der Waals surface area contributed by atoms with E-state index >= 15 is 0 Å². The average molecular weight is 348 g/mol. The fourth-order valence-electron chi connectivity index (χ4n) is 3.07. The van der Waals surface area contributed by atoms with E-state index in [1.54, 1.807) is 4.90 Å². The highest BCUT2D eigenvalue weighted by atomic mass is 32.1. The molecule has 0 aliphatic carbocycles. The van der Waals surface area contributed by atoms with Gasteiger partial charge in [0, 0.05) is 11.3 Å². The van der Waals surface area contributed by atoms with Crippen LogP contribution in [0.1, 0.15) is 5.56 Å². The number of fused-ring (bicyclic) bond motifs is 3. The predicted molar refractivity (Wildman–Crippen MR) is 98.3 cm³/mol. The number of imidazole rings is 1. The van der Waals surface area contributed by atoms with Gasteiger partial charge in [-0.2, -0.15) is 0 Å². The zero-order valence-corrected chi connectivity index (χ0v) is 13.8. The van der Waals surface area contributed by atoms with Crippen LogP contribution in [-0.4, -0.2) is 28.4 Å². The van der Waals surface area contributed by atoms with Crippen LogP contribution in [0.2, 0.25) is 0 Å². The van der Waals surface area contributed by atoms with Gasteiger partial charge in [0.25, 0.3) is 5.91 Å². The minimum absolute atomic E-state index is 0.131. The molecule has 0 bridgehead atoms. The maximum absolute atomic E-state index is 13.0. The highest BCUT2D eigenvalue weighted by molar-refractivity contribution is 7.71. The largest absolute Gasteiger partial charge is 0.438 e. The number of H-pyrrole nitrogens is 2. The molecule has 3 aromatic rings. The zero-order valence-electron chi connectivity index (χ0n) is 12.9. The molecular weight excluding hydrogens is 336 g/mol. The average Bonchev–Trinajstić information content (AvgIpc) is 3.00. The zero-order chi connectivity index (χ0) is 17.0. The van der Waals surface area contributed by atoms with Crippen molar-refractivity contribution in [1.82, 2.24) is 9.97 Å². The first-order chi connectivity index (χ1) is 12.2. The van der Waals surface area contributed by atoms with Crippen LogP contribution in [0.5, 0.6) is 5.75 Å². The Bertz CT molecular complexity index is 1160. The molecule has 1 amide bonds. The molecule has 2 aliphatic heterocycles. The lowest BCUT2D eigenvalue weighted by Gasteiger charge is -2.29. The van der Waals surface area contributed by atoms with Crippen molar-refractivity contribution in [1.29, 1.82) is 0 Å². The van der Waals surface area contributed by atoms with Gasteiger partial charge in [-0.3, -0.25) is 9.69 Å². The molecule has 25 heavy (non-hydrogen) atoms. The number of ether oxygens (including phenoxy) is 1. The highest BCUT2D eigenvalue weighted by Gasteiger charge is 2.32. The number of aromatic nitrogens is 2. The molecule has 122 valence electrons. The van der Waals surface area contributed by atoms with Gasteiger partial charge in [-0.05, 0) is 42.6 Å². The number of nitrogens with one attached hydrogen (secondary N) is 2. The SMILES string of the molecule is O=C1C2=Cc3ccccc3OC2=NCN1c1ccc2[nH]c(=S)[nH]c2c1. The van der Waals surface area contributed by atoms with E-state index < -0.39 is 0 Å². The Morgan fingerprint density at radius 1 is 1.12 bits per heavy atom. The second-order valence-electron chi connectivity index (χ2n) is 5.84. The number of amides is 1. The molecule has 0 radical (unpaired) electrons. The van der Waals surface area contributed by atoms with E-state index in [2.05, 4.69) is 15.0 Å². The molecule has 1 aromatic heterocycles. The van der Waals surface area contributed by atoms with Gasteiger partial charge in [0.2, 0.25) is 5.90 Å². The molecular formula is C18H12N4O2S. The molecule has 5 rings (SSSR count). The predicted octanol–water partition coefficient (Wildman–Crippen LogP) is 3.40. The van der Waals surface area contributed by atoms with Gasteiger partial charge in [0.1, 0.15) is 18.0 Å². The molecule has 2 aromatic carbocycles. The normalized spacial score (nSPS) is 16.0. The molecule has 2 N–H and O–H groups in total. The molecule has 7 heteroatoms. The molecule has 2 aliphatic rings. The summed E-state index contributed by atoms with van der Waals surface area (Å²) in [4.78, 5) is 25.1. The highest BCUT2D eigenvalue weighted by Crippen LogP contribution is 2.31. The lowest BCUT2D eigenvalue weighted by molar-refractivity contribution is -0.114. The Labute approximate surface area is 147 Å². The van der Waals surface area contributed by atoms with Gasteiger partial charge >= 0.3 is 0 Å². The maximum Gasteiger partial charge on any atom is 0.265 e. The van der Waals surface area contributed by atoms with Crippen molar-refractivity contribution in [3.63, 3.8) is 0 Å². The van der Waals surface area contributed by atoms with Gasteiger partial charge in [-0.15, -0.1) is 0 Å². The van der Waals surface area contributed by atoms with E-state index in [-0.39, 0.29) is 12.6 Å². The van der Waals surface area contributed by atoms with Crippen molar-refractivity contribution >= 4 is 46.8 Å². The van der Waals surface area contributed by atoms with Crippen LogP contribution in [0.3, 0.4) is 0 Å². The summed E-state index contributed by atoms with van der Waals surface area (Å²) in [5.74, 6) is 0.961. The van der Waals surface area contributed by atoms with Crippen LogP contribution < -0.4 is 9.64 Å². The summed E-state index contributed by atoms with van der Waals surface area (Å²) in [6.45, 7) is 0.213. The van der Waals surface area contributed by atoms with Crippen molar-refractivity contribution in [2.75, 3.05) is 11.6 Å². The van der Waals surface area contributed by atoms with E-state index in [1.165, 1.54) is 0 Å². The summed E-state index contributed by atoms with van der Waals surface area (Å²) >= 11 is 5.11. The number of benzene rings is 2. The van der Waals surface area contributed by atoms with E-state index in [0.29, 0.717) is 22.0 Å². The minimum Gasteiger partial charge on any atom is -0.438 e. The topological polar surface area (TPSA) is 73.5 Å². The van der Waals surface area contributed by atoms with Crippen LogP contribution >= 0.6 is 12.2 Å². The molecule has 0 saturated carbocycles. The monoisotopic (exact) mass is 348 g/mol. The molecule has 0 spiro atoms. The quantitative estimate of drug-likeness (QED) is 0.662. The molecule has 3 heterocycles. The van der Waals surface area contributed by atoms with Crippen LogP contribution in [0.25, 0.3) is 17.1 Å². The second-order valence-corrected chi connectivity index (χ2v) is 6.25. The molecule has 6 nitrogen and oxygen atoms in total. The number of rotatable bonds is 1. The van der Waals surface area contributed by atoms with Crippen molar-refractivity contribution in [2.24, 2.45) is 4.99 Å². The van der Waals surface area contributed by atoms with Crippen LogP contribution in [0, 0.1) is 4.77 Å². The van der Waals surface area contributed by atoms with E-state index in [1.807, 2.05) is 48.5 Å². The van der Waals surface area contributed by atoms with E-state index in [4.69, 9.17) is 17.0 Å². The first-order valence-corrected chi connectivity index (χ1v) is 8.17. The summed E-state index contributed by atoms with van der Waals surface area (Å²) < 4.78 is 6.33. The summed E-state index contributed by atoms with van der Waals surface area (Å²) in [6, 6.07) is 13.2. The van der Waals surface area contributed by atoms with Gasteiger partial charge in [0.05, 0.1) is 11.0 Å². The van der Waals surface area contributed by atoms with Crippen molar-refractivity contribution in [3.05, 3.63) is 58.4 Å². The lowest BCUT2D eigenvalue weighted by Crippen LogP contribution is -2.41. The number of para-hydroxylation sites is 1. The minimum atomic E-state index is -0.131. The number of nitrogens with zero attached hydrogens (tertiary/aromatic N) is 2. The number of aromatic amines is 2. The third-order valence-electron chi connectivity index (χ3n) is 4.30. The lowest BCUT2D eigenvalue weighted by atomic mass is 10.0. The summed E-state index contributed by atoms with van der Waals surface area (Å²) in [5, 5.41) is 0.